The van der Waals surface area contributed by atoms with E-state index in [1.807, 2.05) is 11.8 Å². The van der Waals surface area contributed by atoms with Crippen LogP contribution in [0, 0.1) is 5.41 Å². The van der Waals surface area contributed by atoms with Gasteiger partial charge < -0.3 is 15.4 Å². The molecule has 0 aromatic carbocycles. The van der Waals surface area contributed by atoms with Crippen LogP contribution in [0.2, 0.25) is 0 Å². The van der Waals surface area contributed by atoms with E-state index in [1.165, 1.54) is 0 Å². The first kappa shape index (κ1) is 15.4. The van der Waals surface area contributed by atoms with E-state index in [0.29, 0.717) is 26.2 Å². The topological polar surface area (TPSA) is 55.6 Å². The highest BCUT2D eigenvalue weighted by molar-refractivity contribution is 5.83. The zero-order chi connectivity index (χ0) is 13.6. The summed E-state index contributed by atoms with van der Waals surface area (Å²) < 4.78 is 5.50. The number of hydrogen-bond donors (Lipinski definition) is 1. The van der Waals surface area contributed by atoms with Crippen LogP contribution >= 0.6 is 0 Å². The standard InChI is InChI=1S/C14H28N2O2/c1-4-6-14(11-15,7-5-2)13(17)16-8-9-18-12(3)10-16/h12H,4-11,15H2,1-3H3. The summed E-state index contributed by atoms with van der Waals surface area (Å²) in [5.41, 5.74) is 5.60. The molecule has 4 nitrogen and oxygen atoms in total. The molecule has 0 bridgehead atoms. The summed E-state index contributed by atoms with van der Waals surface area (Å²) in [6.45, 7) is 8.77. The molecule has 1 amide bonds. The molecule has 1 aliphatic rings. The van der Waals surface area contributed by atoms with Gasteiger partial charge in [-0.25, -0.2) is 0 Å². The summed E-state index contributed by atoms with van der Waals surface area (Å²) in [4.78, 5) is 14.7. The Morgan fingerprint density at radius 1 is 1.39 bits per heavy atom. The zero-order valence-electron chi connectivity index (χ0n) is 12.1. The molecule has 0 saturated carbocycles. The van der Waals surface area contributed by atoms with Gasteiger partial charge in [-0.15, -0.1) is 0 Å². The van der Waals surface area contributed by atoms with E-state index in [1.54, 1.807) is 0 Å². The van der Waals surface area contributed by atoms with Gasteiger partial charge in [0.15, 0.2) is 0 Å². The van der Waals surface area contributed by atoms with Crippen LogP contribution in [0.5, 0.6) is 0 Å². The Bertz CT molecular complexity index is 263. The molecule has 0 aromatic heterocycles. The highest BCUT2D eigenvalue weighted by Gasteiger charge is 2.39. The molecule has 0 spiro atoms. The van der Waals surface area contributed by atoms with Crippen LogP contribution < -0.4 is 5.73 Å². The molecule has 1 rings (SSSR count). The molecule has 18 heavy (non-hydrogen) atoms. The summed E-state index contributed by atoms with van der Waals surface area (Å²) >= 11 is 0. The first-order valence-corrected chi connectivity index (χ1v) is 7.20. The maximum atomic E-state index is 12.8. The predicted octanol–water partition coefficient (Wildman–Crippen LogP) is 1.78. The van der Waals surface area contributed by atoms with E-state index in [4.69, 9.17) is 10.5 Å². The van der Waals surface area contributed by atoms with E-state index < -0.39 is 0 Å². The van der Waals surface area contributed by atoms with Gasteiger partial charge >= 0.3 is 0 Å². The lowest BCUT2D eigenvalue weighted by molar-refractivity contribution is -0.149. The van der Waals surface area contributed by atoms with Crippen LogP contribution in [-0.4, -0.2) is 43.2 Å². The Morgan fingerprint density at radius 2 is 2.00 bits per heavy atom. The number of nitrogens with zero attached hydrogens (tertiary/aromatic N) is 1. The third kappa shape index (κ3) is 3.45. The van der Waals surface area contributed by atoms with Gasteiger partial charge in [-0.2, -0.15) is 0 Å². The van der Waals surface area contributed by atoms with Crippen LogP contribution in [0.1, 0.15) is 46.5 Å². The number of nitrogens with two attached hydrogens (primary N) is 1. The molecule has 1 atom stereocenters. The number of hydrogen-bond acceptors (Lipinski definition) is 3. The summed E-state index contributed by atoms with van der Waals surface area (Å²) in [6.07, 6.45) is 3.93. The minimum Gasteiger partial charge on any atom is -0.375 e. The molecule has 1 saturated heterocycles. The van der Waals surface area contributed by atoms with Gasteiger partial charge in [0.1, 0.15) is 0 Å². The van der Waals surface area contributed by atoms with E-state index in [2.05, 4.69) is 13.8 Å². The lowest BCUT2D eigenvalue weighted by Gasteiger charge is -2.39. The molecule has 0 aliphatic carbocycles. The molecule has 0 aromatic rings. The molecule has 2 N–H and O–H groups in total. The summed E-state index contributed by atoms with van der Waals surface area (Å²) in [6, 6.07) is 0. The Kier molecular flexibility index (Phi) is 6.09. The van der Waals surface area contributed by atoms with Crippen molar-refractivity contribution in [1.29, 1.82) is 0 Å². The fraction of sp³-hybridized carbons (Fsp3) is 0.929. The molecule has 4 heteroatoms. The average molecular weight is 256 g/mol. The van der Waals surface area contributed by atoms with Crippen molar-refractivity contribution in [3.05, 3.63) is 0 Å². The molecule has 106 valence electrons. The largest absolute Gasteiger partial charge is 0.375 e. The van der Waals surface area contributed by atoms with Gasteiger partial charge in [0.05, 0.1) is 18.1 Å². The summed E-state index contributed by atoms with van der Waals surface area (Å²) in [5.74, 6) is 0.240. The van der Waals surface area contributed by atoms with Crippen molar-refractivity contribution in [2.45, 2.75) is 52.6 Å². The molecular formula is C14H28N2O2. The van der Waals surface area contributed by atoms with Gasteiger partial charge in [-0.3, -0.25) is 4.79 Å². The maximum absolute atomic E-state index is 12.8. The highest BCUT2D eigenvalue weighted by atomic mass is 16.5. The quantitative estimate of drug-likeness (QED) is 0.788. The fourth-order valence-corrected chi connectivity index (χ4v) is 2.93. The number of amides is 1. The molecule has 0 radical (unpaired) electrons. The smallest absolute Gasteiger partial charge is 0.230 e. The number of ether oxygens (including phenoxy) is 1. The van der Waals surface area contributed by atoms with E-state index in [-0.39, 0.29) is 17.4 Å². The van der Waals surface area contributed by atoms with Crippen molar-refractivity contribution in [2.24, 2.45) is 11.1 Å². The minimum absolute atomic E-state index is 0.140. The minimum atomic E-state index is -0.347. The van der Waals surface area contributed by atoms with Crippen LogP contribution in [0.15, 0.2) is 0 Å². The van der Waals surface area contributed by atoms with Crippen molar-refractivity contribution in [3.8, 4) is 0 Å². The third-order valence-electron chi connectivity index (χ3n) is 3.83. The molecule has 1 aliphatic heterocycles. The van der Waals surface area contributed by atoms with Crippen LogP contribution in [0.3, 0.4) is 0 Å². The second-order valence-electron chi connectivity index (χ2n) is 5.42. The van der Waals surface area contributed by atoms with Gasteiger partial charge in [-0.1, -0.05) is 26.7 Å². The van der Waals surface area contributed by atoms with Gasteiger partial charge in [-0.05, 0) is 19.8 Å². The monoisotopic (exact) mass is 256 g/mol. The van der Waals surface area contributed by atoms with E-state index in [0.717, 1.165) is 25.7 Å². The Morgan fingerprint density at radius 3 is 2.44 bits per heavy atom. The molecule has 1 unspecified atom stereocenters. The SMILES string of the molecule is CCCC(CN)(CCC)C(=O)N1CCOC(C)C1. The van der Waals surface area contributed by atoms with Crippen LogP contribution in [-0.2, 0) is 9.53 Å². The van der Waals surface area contributed by atoms with Gasteiger partial charge in [0, 0.05) is 19.6 Å². The number of rotatable bonds is 6. The Hall–Kier alpha value is -0.610. The zero-order valence-corrected chi connectivity index (χ0v) is 12.1. The maximum Gasteiger partial charge on any atom is 0.230 e. The fourth-order valence-electron chi connectivity index (χ4n) is 2.93. The predicted molar refractivity (Wildman–Crippen MR) is 73.3 cm³/mol. The Balaban J connectivity index is 2.79. The lowest BCUT2D eigenvalue weighted by Crippen LogP contribution is -2.53. The van der Waals surface area contributed by atoms with Crippen molar-refractivity contribution in [1.82, 2.24) is 4.90 Å². The molecule has 1 heterocycles. The van der Waals surface area contributed by atoms with Gasteiger partial charge in [0.2, 0.25) is 5.91 Å². The molecule has 1 fully saturated rings. The number of carbonyl (C=O) groups excluding carboxylic acids is 1. The van der Waals surface area contributed by atoms with Crippen molar-refractivity contribution in [2.75, 3.05) is 26.2 Å². The molecular weight excluding hydrogens is 228 g/mol. The lowest BCUT2D eigenvalue weighted by atomic mass is 9.77. The van der Waals surface area contributed by atoms with E-state index >= 15 is 0 Å². The third-order valence-corrected chi connectivity index (χ3v) is 3.83. The summed E-state index contributed by atoms with van der Waals surface area (Å²) in [5, 5.41) is 0. The van der Waals surface area contributed by atoms with Crippen LogP contribution in [0.4, 0.5) is 0 Å². The van der Waals surface area contributed by atoms with Crippen molar-refractivity contribution < 1.29 is 9.53 Å². The first-order valence-electron chi connectivity index (χ1n) is 7.20. The van der Waals surface area contributed by atoms with Gasteiger partial charge in [0.25, 0.3) is 0 Å². The second kappa shape index (κ2) is 7.10. The Labute approximate surface area is 111 Å². The van der Waals surface area contributed by atoms with Crippen LogP contribution in [0.25, 0.3) is 0 Å². The first-order chi connectivity index (χ1) is 8.59. The van der Waals surface area contributed by atoms with E-state index in [9.17, 15) is 4.79 Å². The summed E-state index contributed by atoms with van der Waals surface area (Å²) in [7, 11) is 0. The number of carbonyl (C=O) groups is 1. The highest BCUT2D eigenvalue weighted by Crippen LogP contribution is 2.31. The number of morpholine rings is 1. The van der Waals surface area contributed by atoms with Crippen molar-refractivity contribution in [3.63, 3.8) is 0 Å². The average Bonchev–Trinajstić information content (AvgIpc) is 2.37. The normalized spacial score (nSPS) is 21.1. The van der Waals surface area contributed by atoms with Crippen molar-refractivity contribution >= 4 is 5.91 Å². The second-order valence-corrected chi connectivity index (χ2v) is 5.42.